The van der Waals surface area contributed by atoms with Gasteiger partial charge in [0.25, 0.3) is 0 Å². The van der Waals surface area contributed by atoms with Gasteiger partial charge in [0.15, 0.2) is 0 Å². The Hall–Kier alpha value is -2.28. The molecule has 0 atom stereocenters. The van der Waals surface area contributed by atoms with E-state index < -0.39 is 0 Å². The molecule has 0 unspecified atom stereocenters. The fourth-order valence-corrected chi connectivity index (χ4v) is 3.59. The minimum atomic E-state index is 0.565. The maximum Gasteiger partial charge on any atom is 0.0495 e. The van der Waals surface area contributed by atoms with Crippen molar-refractivity contribution in [2.45, 2.75) is 33.1 Å². The van der Waals surface area contributed by atoms with Crippen LogP contribution in [0.5, 0.6) is 0 Å². The average Bonchev–Trinajstić information content (AvgIpc) is 2.84. The van der Waals surface area contributed by atoms with Gasteiger partial charge in [0.2, 0.25) is 0 Å². The molecule has 0 aliphatic heterocycles. The molecule has 0 radical (unpaired) electrons. The van der Waals surface area contributed by atoms with Crippen LogP contribution < -0.4 is 0 Å². The molecule has 4 aromatic rings. The fraction of sp³-hybridized carbons (Fsp3) is 0.273. The third kappa shape index (κ3) is 2.15. The van der Waals surface area contributed by atoms with Crippen molar-refractivity contribution in [1.82, 2.24) is 4.57 Å². The van der Waals surface area contributed by atoms with E-state index in [1.165, 1.54) is 43.7 Å². The molecule has 116 valence electrons. The summed E-state index contributed by atoms with van der Waals surface area (Å²) in [5, 5.41) is 5.38. The van der Waals surface area contributed by atoms with E-state index in [1.54, 1.807) is 0 Å². The number of hydrogen-bond donors (Lipinski definition) is 0. The number of aromatic nitrogens is 1. The van der Waals surface area contributed by atoms with Gasteiger partial charge in [-0.1, -0.05) is 51.1 Å². The molecule has 1 nitrogen and oxygen atoms in total. The van der Waals surface area contributed by atoms with Crippen LogP contribution in [-0.4, -0.2) is 4.57 Å². The summed E-state index contributed by atoms with van der Waals surface area (Å²) in [5.74, 6) is 0.565. The number of benzene rings is 3. The number of nitrogens with zero attached hydrogens (tertiary/aromatic N) is 1. The van der Waals surface area contributed by atoms with Crippen molar-refractivity contribution in [3.63, 3.8) is 0 Å². The first kappa shape index (κ1) is 14.3. The van der Waals surface area contributed by atoms with Crippen LogP contribution in [0.2, 0.25) is 0 Å². The maximum atomic E-state index is 2.35. The molecule has 3 aromatic carbocycles. The molecule has 1 aromatic heterocycles. The second-order valence-corrected chi connectivity index (χ2v) is 6.89. The van der Waals surface area contributed by atoms with Gasteiger partial charge in [0.05, 0.1) is 0 Å². The Labute approximate surface area is 137 Å². The number of rotatable bonds is 2. The molecule has 23 heavy (non-hydrogen) atoms. The Kier molecular flexibility index (Phi) is 3.19. The van der Waals surface area contributed by atoms with Crippen molar-refractivity contribution in [3.05, 3.63) is 59.7 Å². The quantitative estimate of drug-likeness (QED) is 0.417. The second-order valence-electron chi connectivity index (χ2n) is 6.89. The molecule has 1 heterocycles. The lowest BCUT2D eigenvalue weighted by atomic mass is 9.98. The summed E-state index contributed by atoms with van der Waals surface area (Å²) in [6, 6.07) is 18.4. The van der Waals surface area contributed by atoms with E-state index in [-0.39, 0.29) is 0 Å². The zero-order chi connectivity index (χ0) is 16.1. The van der Waals surface area contributed by atoms with Crippen LogP contribution in [-0.2, 0) is 13.5 Å². The van der Waals surface area contributed by atoms with Crippen LogP contribution in [0.1, 0.15) is 37.8 Å². The normalized spacial score (nSPS) is 12.0. The highest BCUT2D eigenvalue weighted by molar-refractivity contribution is 6.12. The van der Waals surface area contributed by atoms with E-state index in [1.807, 2.05) is 0 Å². The Morgan fingerprint density at radius 2 is 1.61 bits per heavy atom. The molecule has 4 rings (SSSR count). The monoisotopic (exact) mass is 301 g/mol. The molecule has 0 saturated heterocycles. The number of hydrogen-bond acceptors (Lipinski definition) is 0. The van der Waals surface area contributed by atoms with Gasteiger partial charge < -0.3 is 4.57 Å². The molecule has 0 aliphatic carbocycles. The largest absolute Gasteiger partial charge is 0.344 e. The van der Waals surface area contributed by atoms with E-state index in [4.69, 9.17) is 0 Å². The highest BCUT2D eigenvalue weighted by Gasteiger charge is 2.10. The molecule has 1 heteroatoms. The van der Waals surface area contributed by atoms with Crippen molar-refractivity contribution in [1.29, 1.82) is 0 Å². The molecule has 0 amide bonds. The van der Waals surface area contributed by atoms with Crippen LogP contribution in [0.4, 0.5) is 0 Å². The molecular weight excluding hydrogens is 278 g/mol. The van der Waals surface area contributed by atoms with E-state index in [0.717, 1.165) is 6.42 Å². The Morgan fingerprint density at radius 1 is 0.826 bits per heavy atom. The number of aryl methyl sites for hydroxylation is 2. The number of fused-ring (bicyclic) bond motifs is 4. The van der Waals surface area contributed by atoms with Gasteiger partial charge in [0.1, 0.15) is 0 Å². The topological polar surface area (TPSA) is 4.93 Å². The standard InChI is InChI=1S/C22H23N/c1-5-15-6-9-19-20-12-17-8-7-16(14(2)3)11-18(17)13-22(20)23(4)21(19)10-15/h6-14H,5H2,1-4H3. The summed E-state index contributed by atoms with van der Waals surface area (Å²) in [5.41, 5.74) is 5.46. The van der Waals surface area contributed by atoms with Crippen LogP contribution >= 0.6 is 0 Å². The minimum absolute atomic E-state index is 0.565. The summed E-state index contributed by atoms with van der Waals surface area (Å²) < 4.78 is 2.34. The average molecular weight is 301 g/mol. The Balaban J connectivity index is 2.09. The minimum Gasteiger partial charge on any atom is -0.344 e. The lowest BCUT2D eigenvalue weighted by Crippen LogP contribution is -1.89. The van der Waals surface area contributed by atoms with E-state index in [0.29, 0.717) is 5.92 Å². The first-order valence-electron chi connectivity index (χ1n) is 8.53. The van der Waals surface area contributed by atoms with Crippen LogP contribution in [0.15, 0.2) is 48.5 Å². The van der Waals surface area contributed by atoms with Gasteiger partial charge in [-0.2, -0.15) is 0 Å². The zero-order valence-corrected chi connectivity index (χ0v) is 14.4. The van der Waals surface area contributed by atoms with Gasteiger partial charge in [0, 0.05) is 28.9 Å². The summed E-state index contributed by atoms with van der Waals surface area (Å²) in [6.07, 6.45) is 1.08. The van der Waals surface area contributed by atoms with Crippen LogP contribution in [0.25, 0.3) is 32.6 Å². The lowest BCUT2D eigenvalue weighted by molar-refractivity contribution is 0.869. The van der Waals surface area contributed by atoms with Crippen molar-refractivity contribution in [3.8, 4) is 0 Å². The Morgan fingerprint density at radius 3 is 2.35 bits per heavy atom. The van der Waals surface area contributed by atoms with E-state index in [2.05, 4.69) is 80.9 Å². The molecule has 0 N–H and O–H groups in total. The van der Waals surface area contributed by atoms with Gasteiger partial charge in [-0.3, -0.25) is 0 Å². The highest BCUT2D eigenvalue weighted by atomic mass is 14.9. The first-order chi connectivity index (χ1) is 11.1. The van der Waals surface area contributed by atoms with Gasteiger partial charge in [-0.25, -0.2) is 0 Å². The van der Waals surface area contributed by atoms with Crippen molar-refractivity contribution in [2.24, 2.45) is 7.05 Å². The van der Waals surface area contributed by atoms with Crippen LogP contribution in [0, 0.1) is 0 Å². The van der Waals surface area contributed by atoms with E-state index >= 15 is 0 Å². The molecule has 0 bridgehead atoms. The van der Waals surface area contributed by atoms with Crippen molar-refractivity contribution in [2.75, 3.05) is 0 Å². The molecule has 0 saturated carbocycles. The molecular formula is C22H23N. The van der Waals surface area contributed by atoms with Crippen molar-refractivity contribution < 1.29 is 0 Å². The molecule has 0 fully saturated rings. The van der Waals surface area contributed by atoms with Crippen LogP contribution in [0.3, 0.4) is 0 Å². The predicted molar refractivity (Wildman–Crippen MR) is 101 cm³/mol. The summed E-state index contributed by atoms with van der Waals surface area (Å²) in [6.45, 7) is 6.72. The summed E-state index contributed by atoms with van der Waals surface area (Å²) >= 11 is 0. The first-order valence-corrected chi connectivity index (χ1v) is 8.53. The van der Waals surface area contributed by atoms with Gasteiger partial charge in [-0.15, -0.1) is 0 Å². The maximum absolute atomic E-state index is 2.35. The lowest BCUT2D eigenvalue weighted by Gasteiger charge is -2.07. The SMILES string of the molecule is CCc1ccc2c3cc4ccc(C(C)C)cc4cc3n(C)c2c1. The molecule has 0 aliphatic rings. The van der Waals surface area contributed by atoms with Gasteiger partial charge >= 0.3 is 0 Å². The summed E-state index contributed by atoms with van der Waals surface area (Å²) in [7, 11) is 2.18. The van der Waals surface area contributed by atoms with E-state index in [9.17, 15) is 0 Å². The van der Waals surface area contributed by atoms with Gasteiger partial charge in [-0.05, 0) is 52.4 Å². The smallest absolute Gasteiger partial charge is 0.0495 e. The summed E-state index contributed by atoms with van der Waals surface area (Å²) in [4.78, 5) is 0. The third-order valence-corrected chi connectivity index (χ3v) is 5.13. The third-order valence-electron chi connectivity index (χ3n) is 5.13. The van der Waals surface area contributed by atoms with Crippen molar-refractivity contribution >= 4 is 32.6 Å². The molecule has 0 spiro atoms. The highest BCUT2D eigenvalue weighted by Crippen LogP contribution is 2.33. The second kappa shape index (κ2) is 5.13. The Bertz CT molecular complexity index is 1030. The fourth-order valence-electron chi connectivity index (χ4n) is 3.59. The predicted octanol–water partition coefficient (Wildman–Crippen LogP) is 6.17. The zero-order valence-electron chi connectivity index (χ0n) is 14.4.